The zero-order valence-corrected chi connectivity index (χ0v) is 25.8. The predicted molar refractivity (Wildman–Crippen MR) is 163 cm³/mol. The first-order valence-corrected chi connectivity index (χ1v) is 15.7. The molecule has 1 aliphatic carbocycles. The average molecular weight is 580 g/mol. The van der Waals surface area contributed by atoms with Gasteiger partial charge in [0, 0.05) is 50.4 Å². The smallest absolute Gasteiger partial charge is 0.243 e. The molecule has 5 rings (SSSR count). The summed E-state index contributed by atoms with van der Waals surface area (Å²) in [6, 6.07) is 13.8. The third-order valence-electron chi connectivity index (χ3n) is 8.25. The highest BCUT2D eigenvalue weighted by molar-refractivity contribution is 7.89. The van der Waals surface area contributed by atoms with Gasteiger partial charge in [-0.15, -0.1) is 0 Å². The summed E-state index contributed by atoms with van der Waals surface area (Å²) < 4.78 is 43.0. The molecule has 0 amide bonds. The second-order valence-electron chi connectivity index (χ2n) is 12.6. The second-order valence-corrected chi connectivity index (χ2v) is 14.5. The maximum absolute atomic E-state index is 13.8. The zero-order valence-electron chi connectivity index (χ0n) is 25.0. The molecule has 1 atom stereocenters. The van der Waals surface area contributed by atoms with Gasteiger partial charge in [0.05, 0.1) is 16.3 Å². The number of likely N-dealkylation sites (N-methyl/N-ethyl adjacent to an activating group) is 2. The van der Waals surface area contributed by atoms with Gasteiger partial charge in [0.1, 0.15) is 5.82 Å². The number of allylic oxidation sites excluding steroid dienone is 2. The quantitative estimate of drug-likeness (QED) is 0.488. The summed E-state index contributed by atoms with van der Waals surface area (Å²) in [4.78, 5) is 4.82. The first-order chi connectivity index (χ1) is 19.3. The van der Waals surface area contributed by atoms with E-state index in [1.165, 1.54) is 17.7 Å². The molecule has 0 spiro atoms. The van der Waals surface area contributed by atoms with E-state index >= 15 is 0 Å². The van der Waals surface area contributed by atoms with Gasteiger partial charge >= 0.3 is 0 Å². The van der Waals surface area contributed by atoms with E-state index in [1.807, 2.05) is 23.3 Å². The molecule has 2 aliphatic heterocycles. The number of hydrazine groups is 1. The topological polar surface area (TPSA) is 59.1 Å². The Balaban J connectivity index is 1.46. The number of nitrogens with zero attached hydrogens (tertiary/aromatic N) is 4. The molecular weight excluding hydrogens is 537 g/mol. The van der Waals surface area contributed by atoms with E-state index in [9.17, 15) is 12.8 Å². The fourth-order valence-electron chi connectivity index (χ4n) is 5.73. The van der Waals surface area contributed by atoms with Crippen molar-refractivity contribution < 1.29 is 12.8 Å². The Morgan fingerprint density at radius 2 is 1.68 bits per heavy atom. The summed E-state index contributed by atoms with van der Waals surface area (Å²) >= 11 is 0. The first kappa shape index (κ1) is 29.5. The number of nitrogens with one attached hydrogen (secondary N) is 1. The van der Waals surface area contributed by atoms with Crippen molar-refractivity contribution in [1.82, 2.24) is 19.5 Å². The molecule has 1 N–H and O–H groups in total. The van der Waals surface area contributed by atoms with Crippen molar-refractivity contribution in [3.63, 3.8) is 0 Å². The highest BCUT2D eigenvalue weighted by Gasteiger charge is 2.39. The summed E-state index contributed by atoms with van der Waals surface area (Å²) in [7, 11) is 2.61. The van der Waals surface area contributed by atoms with Crippen molar-refractivity contribution in [3.8, 4) is 0 Å². The molecule has 41 heavy (non-hydrogen) atoms. The normalized spacial score (nSPS) is 19.7. The molecule has 0 saturated carbocycles. The van der Waals surface area contributed by atoms with Gasteiger partial charge in [0.2, 0.25) is 10.0 Å². The van der Waals surface area contributed by atoms with Crippen LogP contribution in [0.15, 0.2) is 88.1 Å². The summed E-state index contributed by atoms with van der Waals surface area (Å²) in [5.74, 6) is -0.248. The number of rotatable bonds is 8. The van der Waals surface area contributed by atoms with Crippen LogP contribution in [0.2, 0.25) is 0 Å². The molecule has 2 heterocycles. The lowest BCUT2D eigenvalue weighted by molar-refractivity contribution is 0.262. The van der Waals surface area contributed by atoms with Crippen molar-refractivity contribution in [2.45, 2.75) is 37.5 Å². The van der Waals surface area contributed by atoms with E-state index in [4.69, 9.17) is 0 Å². The molecule has 2 aromatic rings. The van der Waals surface area contributed by atoms with Gasteiger partial charge in [-0.2, -0.15) is 4.31 Å². The van der Waals surface area contributed by atoms with Crippen LogP contribution in [0, 0.1) is 11.7 Å². The van der Waals surface area contributed by atoms with E-state index in [-0.39, 0.29) is 17.2 Å². The molecular formula is C32H42FN5O2S. The van der Waals surface area contributed by atoms with E-state index in [0.29, 0.717) is 24.4 Å². The third-order valence-corrected chi connectivity index (χ3v) is 10.1. The van der Waals surface area contributed by atoms with Crippen LogP contribution >= 0.6 is 0 Å². The molecule has 9 heteroatoms. The minimum Gasteiger partial charge on any atom is -0.308 e. The Labute approximate surface area is 244 Å². The van der Waals surface area contributed by atoms with Crippen molar-refractivity contribution in [3.05, 3.63) is 94.6 Å². The van der Waals surface area contributed by atoms with Crippen LogP contribution in [0.1, 0.15) is 32.8 Å². The molecule has 7 nitrogen and oxygen atoms in total. The van der Waals surface area contributed by atoms with Gasteiger partial charge in [-0.3, -0.25) is 5.01 Å². The molecule has 0 fully saturated rings. The van der Waals surface area contributed by atoms with Crippen LogP contribution in [0.25, 0.3) is 0 Å². The predicted octanol–water partition coefficient (Wildman–Crippen LogP) is 4.73. The van der Waals surface area contributed by atoms with Crippen LogP contribution in [0.4, 0.5) is 10.1 Å². The molecule has 2 aromatic carbocycles. The number of sulfonamides is 1. The molecule has 220 valence electrons. The maximum Gasteiger partial charge on any atom is 0.243 e. The van der Waals surface area contributed by atoms with E-state index < -0.39 is 10.0 Å². The van der Waals surface area contributed by atoms with Crippen LogP contribution in [0.3, 0.4) is 0 Å². The van der Waals surface area contributed by atoms with Gasteiger partial charge in [-0.25, -0.2) is 12.8 Å². The van der Waals surface area contributed by atoms with Crippen molar-refractivity contribution in [1.29, 1.82) is 0 Å². The highest BCUT2D eigenvalue weighted by atomic mass is 32.2. The van der Waals surface area contributed by atoms with Crippen LogP contribution < -0.4 is 10.4 Å². The monoisotopic (exact) mass is 579 g/mol. The van der Waals surface area contributed by atoms with Gasteiger partial charge in [-0.1, -0.05) is 32.9 Å². The Morgan fingerprint density at radius 3 is 2.32 bits per heavy atom. The summed E-state index contributed by atoms with van der Waals surface area (Å²) in [5.41, 5.74) is 9.80. The minimum absolute atomic E-state index is 0.0244. The fourth-order valence-corrected chi connectivity index (χ4v) is 7.15. The Morgan fingerprint density at radius 1 is 1.00 bits per heavy atom. The lowest BCUT2D eigenvalue weighted by atomic mass is 9.79. The number of anilines is 1. The largest absolute Gasteiger partial charge is 0.308 e. The summed E-state index contributed by atoms with van der Waals surface area (Å²) in [6.45, 7) is 9.76. The first-order valence-electron chi connectivity index (χ1n) is 14.2. The minimum atomic E-state index is -3.65. The molecule has 0 radical (unpaired) electrons. The zero-order chi connectivity index (χ0) is 29.5. The van der Waals surface area contributed by atoms with E-state index in [1.54, 1.807) is 28.6 Å². The van der Waals surface area contributed by atoms with Crippen molar-refractivity contribution in [2.75, 3.05) is 58.9 Å². The van der Waals surface area contributed by atoms with Crippen LogP contribution in [-0.4, -0.2) is 76.4 Å². The van der Waals surface area contributed by atoms with E-state index in [2.05, 4.69) is 63.2 Å². The number of hydrogen-bond donors (Lipinski definition) is 1. The number of hydrogen-bond acceptors (Lipinski definition) is 6. The van der Waals surface area contributed by atoms with Gasteiger partial charge in [0.25, 0.3) is 0 Å². The van der Waals surface area contributed by atoms with Crippen LogP contribution in [-0.2, 0) is 15.4 Å². The highest BCUT2D eigenvalue weighted by Crippen LogP contribution is 2.43. The number of benzene rings is 2. The third kappa shape index (κ3) is 6.14. The van der Waals surface area contributed by atoms with Gasteiger partial charge < -0.3 is 15.2 Å². The maximum atomic E-state index is 13.8. The average Bonchev–Trinajstić information content (AvgIpc) is 3.35. The lowest BCUT2D eigenvalue weighted by Gasteiger charge is -2.39. The Kier molecular flexibility index (Phi) is 8.18. The Bertz CT molecular complexity index is 1470. The van der Waals surface area contributed by atoms with Gasteiger partial charge in [-0.05, 0) is 92.2 Å². The molecule has 0 bridgehead atoms. The lowest BCUT2D eigenvalue weighted by Crippen LogP contribution is -2.42. The molecule has 0 aromatic heterocycles. The standard InChI is InChI=1S/C32H42FN5O2S/c1-32(2,3)24-7-13-27(14-8-24)41(39,40)37-16-15-23-19-31-28(20-34-38(31)26-11-9-25(33)10-12-26)30(29(23)22-37)21-36(6)18-17-35(4)5/h7-14,19-20,30,34H,15-18,21-22H2,1-6H3/t30-/m1/s1. The summed E-state index contributed by atoms with van der Waals surface area (Å²) in [5, 5.41) is 1.99. The molecule has 3 aliphatic rings. The number of halogens is 1. The van der Waals surface area contributed by atoms with Crippen molar-refractivity contribution >= 4 is 15.7 Å². The fraction of sp³-hybridized carbons (Fsp3) is 0.438. The van der Waals surface area contributed by atoms with Crippen LogP contribution in [0.5, 0.6) is 0 Å². The Hall–Kier alpha value is -2.98. The van der Waals surface area contributed by atoms with E-state index in [0.717, 1.165) is 47.7 Å². The second kappa shape index (κ2) is 11.4. The van der Waals surface area contributed by atoms with Gasteiger partial charge in [0.15, 0.2) is 0 Å². The van der Waals surface area contributed by atoms with Crippen molar-refractivity contribution in [2.24, 2.45) is 5.92 Å². The SMILES string of the molecule is CN(C)CCN(C)C[C@@H]1C2=CNN(c3ccc(F)cc3)C2=CC2=C1CN(S(=O)(=O)c1ccc(C(C)(C)C)cc1)CC2. The molecule has 0 unspecified atom stereocenters. The summed E-state index contributed by atoms with van der Waals surface area (Å²) in [6.07, 6.45) is 4.84. The number of fused-ring (bicyclic) bond motifs is 1. The molecule has 0 saturated heterocycles.